The average molecular weight is 410 g/mol. The van der Waals surface area contributed by atoms with Gasteiger partial charge in [-0.3, -0.25) is 20.2 Å². The van der Waals surface area contributed by atoms with E-state index in [1.807, 2.05) is 30.3 Å². The van der Waals surface area contributed by atoms with Gasteiger partial charge in [-0.2, -0.15) is 0 Å². The number of carbonyl (C=O) groups is 1. The number of nitrogens with one attached hydrogen (secondary N) is 1. The monoisotopic (exact) mass is 410 g/mol. The van der Waals surface area contributed by atoms with Crippen molar-refractivity contribution in [2.24, 2.45) is 0 Å². The van der Waals surface area contributed by atoms with Gasteiger partial charge in [-0.25, -0.2) is 0 Å². The Balaban J connectivity index is 1.45. The predicted molar refractivity (Wildman–Crippen MR) is 111 cm³/mol. The molecular weight excluding hydrogens is 392 g/mol. The Bertz CT molecular complexity index is 1000. The Labute approximate surface area is 171 Å². The van der Waals surface area contributed by atoms with Crippen LogP contribution in [0, 0.1) is 10.1 Å². The van der Waals surface area contributed by atoms with Gasteiger partial charge in [0.25, 0.3) is 5.69 Å². The molecule has 8 nitrogen and oxygen atoms in total. The van der Waals surface area contributed by atoms with Crippen molar-refractivity contribution in [1.82, 2.24) is 10.2 Å². The number of nitro groups is 1. The van der Waals surface area contributed by atoms with Crippen molar-refractivity contribution in [2.45, 2.75) is 12.8 Å². The second-order valence-corrected chi connectivity index (χ2v) is 7.00. The Morgan fingerprint density at radius 1 is 1.17 bits per heavy atom. The van der Waals surface area contributed by atoms with E-state index in [0.717, 1.165) is 17.2 Å². The highest BCUT2D eigenvalue weighted by molar-refractivity contribution is 7.15. The first-order valence-corrected chi connectivity index (χ1v) is 9.65. The molecule has 9 heteroatoms. The highest BCUT2D eigenvalue weighted by Crippen LogP contribution is 2.18. The molecule has 0 radical (unpaired) electrons. The number of non-ortho nitro benzene ring substituents is 1. The molecule has 3 rings (SSSR count). The molecular formula is C20H18N4O4S. The summed E-state index contributed by atoms with van der Waals surface area (Å²) in [5, 5.41) is 22.6. The number of ether oxygens (including phenoxy) is 1. The van der Waals surface area contributed by atoms with Crippen LogP contribution in [0.25, 0.3) is 6.08 Å². The van der Waals surface area contributed by atoms with Gasteiger partial charge in [0, 0.05) is 24.6 Å². The fourth-order valence-corrected chi connectivity index (χ4v) is 3.18. The zero-order valence-electron chi connectivity index (χ0n) is 15.4. The highest BCUT2D eigenvalue weighted by atomic mass is 32.1. The third-order valence-corrected chi connectivity index (χ3v) is 4.65. The topological polar surface area (TPSA) is 107 Å². The summed E-state index contributed by atoms with van der Waals surface area (Å²) in [6.07, 6.45) is 4.28. The van der Waals surface area contributed by atoms with E-state index >= 15 is 0 Å². The van der Waals surface area contributed by atoms with E-state index in [2.05, 4.69) is 15.5 Å². The van der Waals surface area contributed by atoms with Gasteiger partial charge in [-0.05, 0) is 30.2 Å². The Hall–Kier alpha value is -3.59. The molecule has 1 N–H and O–H groups in total. The molecule has 2 aromatic carbocycles. The quantitative estimate of drug-likeness (QED) is 0.246. The van der Waals surface area contributed by atoms with Gasteiger partial charge in [0.05, 0.1) is 11.5 Å². The smallest absolute Gasteiger partial charge is 0.270 e. The molecule has 1 amide bonds. The van der Waals surface area contributed by atoms with Gasteiger partial charge >= 0.3 is 0 Å². The summed E-state index contributed by atoms with van der Waals surface area (Å²) in [5.41, 5.74) is 0.531. The largest absolute Gasteiger partial charge is 0.494 e. The van der Waals surface area contributed by atoms with Crippen LogP contribution in [0.2, 0.25) is 0 Å². The standard InChI is InChI=1S/C20H18N4O4S/c25-18(12-11-15-6-4-7-16(14-15)24(26)27)21-20-23-22-19(29-20)10-5-13-28-17-8-2-1-3-9-17/h1-4,6-9,11-12,14H,5,10,13H2,(H,21,23,25)/b12-11+. The van der Waals surface area contributed by atoms with E-state index in [-0.39, 0.29) is 11.6 Å². The number of hydrogen-bond acceptors (Lipinski definition) is 7. The molecule has 3 aromatic rings. The molecule has 0 saturated heterocycles. The summed E-state index contributed by atoms with van der Waals surface area (Å²) in [7, 11) is 0. The number of nitro benzene ring substituents is 1. The van der Waals surface area contributed by atoms with Crippen molar-refractivity contribution >= 4 is 34.1 Å². The van der Waals surface area contributed by atoms with E-state index < -0.39 is 4.92 Å². The molecule has 0 aliphatic heterocycles. The molecule has 1 aromatic heterocycles. The number of rotatable bonds is 9. The predicted octanol–water partition coefficient (Wildman–Crippen LogP) is 4.11. The Morgan fingerprint density at radius 3 is 2.79 bits per heavy atom. The maximum Gasteiger partial charge on any atom is 0.270 e. The third-order valence-electron chi connectivity index (χ3n) is 3.75. The summed E-state index contributed by atoms with van der Waals surface area (Å²) in [6, 6.07) is 15.6. The van der Waals surface area contributed by atoms with Crippen LogP contribution in [0.1, 0.15) is 17.0 Å². The van der Waals surface area contributed by atoms with Gasteiger partial charge in [-0.1, -0.05) is 41.7 Å². The lowest BCUT2D eigenvalue weighted by Crippen LogP contribution is -2.07. The third kappa shape index (κ3) is 6.51. The summed E-state index contributed by atoms with van der Waals surface area (Å²) in [5.74, 6) is 0.444. The second kappa shape index (κ2) is 10.1. The maximum atomic E-state index is 12.0. The fourth-order valence-electron chi connectivity index (χ4n) is 2.40. The van der Waals surface area contributed by atoms with Crippen molar-refractivity contribution < 1.29 is 14.5 Å². The van der Waals surface area contributed by atoms with Gasteiger partial charge in [0.15, 0.2) is 0 Å². The molecule has 0 saturated carbocycles. The molecule has 0 fully saturated rings. The fraction of sp³-hybridized carbons (Fsp3) is 0.150. The van der Waals surface area contributed by atoms with Gasteiger partial charge in [0.2, 0.25) is 11.0 Å². The summed E-state index contributed by atoms with van der Waals surface area (Å²) in [6.45, 7) is 0.567. The lowest BCUT2D eigenvalue weighted by atomic mass is 10.2. The van der Waals surface area contributed by atoms with Crippen molar-refractivity contribution in [3.63, 3.8) is 0 Å². The molecule has 0 aliphatic carbocycles. The number of amides is 1. The number of aromatic nitrogens is 2. The van der Waals surface area contributed by atoms with Crippen LogP contribution in [0.5, 0.6) is 5.75 Å². The molecule has 0 spiro atoms. The summed E-state index contributed by atoms with van der Waals surface area (Å²) >= 11 is 1.30. The average Bonchev–Trinajstić information content (AvgIpc) is 3.18. The summed E-state index contributed by atoms with van der Waals surface area (Å²) < 4.78 is 5.63. The number of nitrogens with zero attached hydrogens (tertiary/aromatic N) is 3. The van der Waals surface area contributed by atoms with Crippen LogP contribution in [0.15, 0.2) is 60.7 Å². The van der Waals surface area contributed by atoms with Crippen LogP contribution in [0.4, 0.5) is 10.8 Å². The molecule has 0 aliphatic rings. The Morgan fingerprint density at radius 2 is 2.00 bits per heavy atom. The van der Waals surface area contributed by atoms with Crippen LogP contribution < -0.4 is 10.1 Å². The minimum absolute atomic E-state index is 0.0300. The van der Waals surface area contributed by atoms with Crippen molar-refractivity contribution in [1.29, 1.82) is 0 Å². The van der Waals surface area contributed by atoms with E-state index in [9.17, 15) is 14.9 Å². The van der Waals surface area contributed by atoms with E-state index in [1.54, 1.807) is 12.1 Å². The molecule has 0 unspecified atom stereocenters. The first-order valence-electron chi connectivity index (χ1n) is 8.84. The first-order chi connectivity index (χ1) is 14.1. The molecule has 29 heavy (non-hydrogen) atoms. The van der Waals surface area contributed by atoms with Crippen molar-refractivity contribution in [2.75, 3.05) is 11.9 Å². The van der Waals surface area contributed by atoms with Crippen LogP contribution in [-0.4, -0.2) is 27.6 Å². The van der Waals surface area contributed by atoms with Crippen molar-refractivity contribution in [3.8, 4) is 5.75 Å². The zero-order valence-corrected chi connectivity index (χ0v) is 16.2. The lowest BCUT2D eigenvalue weighted by Gasteiger charge is -2.04. The number of anilines is 1. The lowest BCUT2D eigenvalue weighted by molar-refractivity contribution is -0.384. The Kier molecular flexibility index (Phi) is 7.01. The minimum atomic E-state index is -0.481. The first kappa shape index (κ1) is 20.2. The highest BCUT2D eigenvalue weighted by Gasteiger charge is 2.07. The van der Waals surface area contributed by atoms with E-state index in [1.165, 1.54) is 35.6 Å². The second-order valence-electron chi connectivity index (χ2n) is 5.94. The number of para-hydroxylation sites is 1. The number of benzene rings is 2. The number of aryl methyl sites for hydroxylation is 1. The van der Waals surface area contributed by atoms with Gasteiger partial charge < -0.3 is 4.74 Å². The maximum absolute atomic E-state index is 12.0. The molecule has 0 atom stereocenters. The number of carbonyl (C=O) groups excluding carboxylic acids is 1. The zero-order chi connectivity index (χ0) is 20.5. The van der Waals surface area contributed by atoms with Crippen LogP contribution in [0.3, 0.4) is 0 Å². The molecule has 0 bridgehead atoms. The van der Waals surface area contributed by atoms with Crippen molar-refractivity contribution in [3.05, 3.63) is 81.4 Å². The molecule has 148 valence electrons. The van der Waals surface area contributed by atoms with E-state index in [4.69, 9.17) is 4.74 Å². The number of hydrogen-bond donors (Lipinski definition) is 1. The van der Waals surface area contributed by atoms with E-state index in [0.29, 0.717) is 23.7 Å². The van der Waals surface area contributed by atoms with Crippen LogP contribution >= 0.6 is 11.3 Å². The van der Waals surface area contributed by atoms with Gasteiger partial charge in [-0.15, -0.1) is 10.2 Å². The minimum Gasteiger partial charge on any atom is -0.494 e. The summed E-state index contributed by atoms with van der Waals surface area (Å²) in [4.78, 5) is 22.3. The SMILES string of the molecule is O=C(/C=C/c1cccc([N+](=O)[O-])c1)Nc1nnc(CCCOc2ccccc2)s1. The molecule has 1 heterocycles. The van der Waals surface area contributed by atoms with Crippen LogP contribution in [-0.2, 0) is 11.2 Å². The normalized spacial score (nSPS) is 10.8. The van der Waals surface area contributed by atoms with Gasteiger partial charge in [0.1, 0.15) is 10.8 Å².